The Hall–Kier alpha value is -1.36. The van der Waals surface area contributed by atoms with Crippen molar-refractivity contribution in [2.24, 2.45) is 0 Å². The van der Waals surface area contributed by atoms with Crippen molar-refractivity contribution in [2.75, 3.05) is 19.6 Å². The fourth-order valence-electron chi connectivity index (χ4n) is 1.42. The summed E-state index contributed by atoms with van der Waals surface area (Å²) in [5.41, 5.74) is 2.22. The molecule has 5 nitrogen and oxygen atoms in total. The molecule has 0 spiro atoms. The first-order valence-corrected chi connectivity index (χ1v) is 5.17. The number of likely N-dealkylation sites (N-methyl/N-ethyl adjacent to an activating group) is 1. The molecule has 0 fully saturated rings. The van der Waals surface area contributed by atoms with Crippen molar-refractivity contribution in [3.05, 3.63) is 17.0 Å². The molecule has 84 valence electrons. The van der Waals surface area contributed by atoms with Crippen molar-refractivity contribution in [3.63, 3.8) is 0 Å². The number of carbonyl (C=O) groups is 1. The third kappa shape index (κ3) is 3.06. The molecule has 0 saturated carbocycles. The lowest BCUT2D eigenvalue weighted by atomic mass is 10.2. The quantitative estimate of drug-likeness (QED) is 0.615. The van der Waals surface area contributed by atoms with Crippen molar-refractivity contribution in [1.29, 1.82) is 0 Å². The van der Waals surface area contributed by atoms with Gasteiger partial charge in [-0.05, 0) is 20.4 Å². The van der Waals surface area contributed by atoms with Gasteiger partial charge >= 0.3 is 0 Å². The topological polar surface area (TPSA) is 69.8 Å². The van der Waals surface area contributed by atoms with E-state index in [4.69, 9.17) is 0 Å². The Kier molecular flexibility index (Phi) is 4.30. The number of rotatable bonds is 5. The molecule has 0 atom stereocenters. The Morgan fingerprint density at radius 1 is 1.40 bits per heavy atom. The molecule has 0 aliphatic rings. The van der Waals surface area contributed by atoms with Gasteiger partial charge in [-0.15, -0.1) is 0 Å². The van der Waals surface area contributed by atoms with Crippen molar-refractivity contribution >= 4 is 5.91 Å². The van der Waals surface area contributed by atoms with E-state index >= 15 is 0 Å². The van der Waals surface area contributed by atoms with Gasteiger partial charge in [-0.25, -0.2) is 0 Å². The summed E-state index contributed by atoms with van der Waals surface area (Å²) in [6.07, 6.45) is 0. The van der Waals surface area contributed by atoms with Crippen LogP contribution >= 0.6 is 0 Å². The third-order valence-electron chi connectivity index (χ3n) is 2.19. The zero-order valence-corrected chi connectivity index (χ0v) is 9.48. The lowest BCUT2D eigenvalue weighted by molar-refractivity contribution is 0.0953. The highest BCUT2D eigenvalue weighted by Gasteiger charge is 2.13. The van der Waals surface area contributed by atoms with Gasteiger partial charge in [0.2, 0.25) is 0 Å². The average Bonchev–Trinajstić information content (AvgIpc) is 2.53. The van der Waals surface area contributed by atoms with Crippen LogP contribution in [0.15, 0.2) is 0 Å². The smallest absolute Gasteiger partial charge is 0.255 e. The predicted octanol–water partition coefficient (Wildman–Crippen LogP) is 0.366. The normalized spacial score (nSPS) is 10.3. The van der Waals surface area contributed by atoms with Crippen LogP contribution in [-0.2, 0) is 0 Å². The summed E-state index contributed by atoms with van der Waals surface area (Å²) in [5, 5.41) is 12.8. The highest BCUT2D eigenvalue weighted by Crippen LogP contribution is 2.08. The fraction of sp³-hybridized carbons (Fsp3) is 0.600. The van der Waals surface area contributed by atoms with Crippen molar-refractivity contribution in [3.8, 4) is 0 Å². The first-order valence-electron chi connectivity index (χ1n) is 5.17. The maximum Gasteiger partial charge on any atom is 0.255 e. The largest absolute Gasteiger partial charge is 0.351 e. The second-order valence-corrected chi connectivity index (χ2v) is 3.42. The van der Waals surface area contributed by atoms with Crippen molar-refractivity contribution in [2.45, 2.75) is 20.8 Å². The zero-order chi connectivity index (χ0) is 11.3. The van der Waals surface area contributed by atoms with Gasteiger partial charge in [-0.1, -0.05) is 6.92 Å². The van der Waals surface area contributed by atoms with E-state index in [0.29, 0.717) is 12.1 Å². The molecule has 0 unspecified atom stereocenters. The summed E-state index contributed by atoms with van der Waals surface area (Å²) < 4.78 is 0. The molecule has 1 rings (SSSR count). The van der Waals surface area contributed by atoms with Gasteiger partial charge in [-0.2, -0.15) is 5.10 Å². The second kappa shape index (κ2) is 5.50. The van der Waals surface area contributed by atoms with Crippen LogP contribution in [0.2, 0.25) is 0 Å². The molecule has 1 aromatic heterocycles. The van der Waals surface area contributed by atoms with E-state index in [1.54, 1.807) is 0 Å². The number of aromatic nitrogens is 2. The molecule has 0 aromatic carbocycles. The number of amides is 1. The number of hydrogen-bond acceptors (Lipinski definition) is 3. The average molecular weight is 210 g/mol. The molecular weight excluding hydrogens is 192 g/mol. The first-order chi connectivity index (χ1) is 7.16. The van der Waals surface area contributed by atoms with Gasteiger partial charge in [0.1, 0.15) is 0 Å². The lowest BCUT2D eigenvalue weighted by Crippen LogP contribution is -2.32. The number of nitrogens with zero attached hydrogens (tertiary/aromatic N) is 1. The molecule has 0 aliphatic heterocycles. The van der Waals surface area contributed by atoms with E-state index in [0.717, 1.165) is 24.5 Å². The minimum atomic E-state index is -0.0587. The third-order valence-corrected chi connectivity index (χ3v) is 2.19. The number of aromatic amines is 1. The summed E-state index contributed by atoms with van der Waals surface area (Å²) >= 11 is 0. The van der Waals surface area contributed by atoms with E-state index in [2.05, 4.69) is 20.8 Å². The summed E-state index contributed by atoms with van der Waals surface area (Å²) in [6, 6.07) is 0. The fourth-order valence-corrected chi connectivity index (χ4v) is 1.42. The molecule has 1 aromatic rings. The molecule has 3 N–H and O–H groups in total. The van der Waals surface area contributed by atoms with Gasteiger partial charge in [0.15, 0.2) is 0 Å². The van der Waals surface area contributed by atoms with Crippen LogP contribution in [0.3, 0.4) is 0 Å². The Morgan fingerprint density at radius 3 is 2.67 bits per heavy atom. The van der Waals surface area contributed by atoms with E-state index in [9.17, 15) is 4.79 Å². The molecule has 5 heteroatoms. The minimum Gasteiger partial charge on any atom is -0.351 e. The van der Waals surface area contributed by atoms with Crippen LogP contribution in [0, 0.1) is 13.8 Å². The van der Waals surface area contributed by atoms with E-state index < -0.39 is 0 Å². The Morgan fingerprint density at radius 2 is 2.13 bits per heavy atom. The molecule has 0 saturated heterocycles. The van der Waals surface area contributed by atoms with Gasteiger partial charge in [0.25, 0.3) is 5.91 Å². The van der Waals surface area contributed by atoms with Crippen LogP contribution in [0.1, 0.15) is 28.7 Å². The summed E-state index contributed by atoms with van der Waals surface area (Å²) in [4.78, 5) is 11.7. The molecule has 0 bridgehead atoms. The van der Waals surface area contributed by atoms with Crippen LogP contribution in [0.5, 0.6) is 0 Å². The summed E-state index contributed by atoms with van der Waals surface area (Å²) in [7, 11) is 0. The molecule has 1 amide bonds. The highest BCUT2D eigenvalue weighted by atomic mass is 16.1. The van der Waals surface area contributed by atoms with Gasteiger partial charge < -0.3 is 10.6 Å². The Balaban J connectivity index is 2.47. The van der Waals surface area contributed by atoms with Crippen LogP contribution in [-0.4, -0.2) is 35.7 Å². The highest BCUT2D eigenvalue weighted by molar-refractivity contribution is 5.96. The van der Waals surface area contributed by atoms with E-state index in [1.165, 1.54) is 0 Å². The summed E-state index contributed by atoms with van der Waals surface area (Å²) in [6.45, 7) is 8.04. The number of nitrogens with one attached hydrogen (secondary N) is 3. The monoisotopic (exact) mass is 210 g/mol. The maximum atomic E-state index is 11.7. The van der Waals surface area contributed by atoms with Gasteiger partial charge in [0.05, 0.1) is 11.3 Å². The van der Waals surface area contributed by atoms with Crippen LogP contribution < -0.4 is 10.6 Å². The van der Waals surface area contributed by atoms with Crippen molar-refractivity contribution < 1.29 is 4.79 Å². The SMILES string of the molecule is CCNCCNC(=O)c1c(C)n[nH]c1C. The summed E-state index contributed by atoms with van der Waals surface area (Å²) in [5.74, 6) is -0.0587. The molecular formula is C10H18N4O. The Labute approximate surface area is 89.6 Å². The molecule has 1 heterocycles. The zero-order valence-electron chi connectivity index (χ0n) is 9.48. The van der Waals surface area contributed by atoms with Crippen LogP contribution in [0.4, 0.5) is 0 Å². The number of H-pyrrole nitrogens is 1. The van der Waals surface area contributed by atoms with Crippen molar-refractivity contribution in [1.82, 2.24) is 20.8 Å². The molecule has 15 heavy (non-hydrogen) atoms. The second-order valence-electron chi connectivity index (χ2n) is 3.42. The molecule has 0 aliphatic carbocycles. The molecule has 0 radical (unpaired) electrons. The van der Waals surface area contributed by atoms with Gasteiger partial charge in [-0.3, -0.25) is 9.89 Å². The Bertz CT molecular complexity index is 313. The number of hydrogen-bond donors (Lipinski definition) is 3. The lowest BCUT2D eigenvalue weighted by Gasteiger charge is -2.05. The number of carbonyl (C=O) groups excluding carboxylic acids is 1. The standard InChI is InChI=1S/C10H18N4O/c1-4-11-5-6-12-10(15)9-7(2)13-14-8(9)3/h11H,4-6H2,1-3H3,(H,12,15)(H,13,14). The van der Waals surface area contributed by atoms with E-state index in [-0.39, 0.29) is 5.91 Å². The predicted molar refractivity (Wildman–Crippen MR) is 58.9 cm³/mol. The minimum absolute atomic E-state index is 0.0587. The van der Waals surface area contributed by atoms with Gasteiger partial charge in [0, 0.05) is 18.8 Å². The van der Waals surface area contributed by atoms with Crippen LogP contribution in [0.25, 0.3) is 0 Å². The van der Waals surface area contributed by atoms with E-state index in [1.807, 2.05) is 20.8 Å². The first kappa shape index (κ1) is 11.7. The maximum absolute atomic E-state index is 11.7. The number of aryl methyl sites for hydroxylation is 2.